The van der Waals surface area contributed by atoms with E-state index in [1.54, 1.807) is 13.1 Å². The van der Waals surface area contributed by atoms with E-state index in [4.69, 9.17) is 4.99 Å². The molecule has 0 unspecified atom stereocenters. The van der Waals surface area contributed by atoms with Gasteiger partial charge < -0.3 is 20.5 Å². The predicted octanol–water partition coefficient (Wildman–Crippen LogP) is 3.65. The predicted molar refractivity (Wildman–Crippen MR) is 136 cm³/mol. The zero-order valence-electron chi connectivity index (χ0n) is 18.1. The maximum absolute atomic E-state index is 11.8. The number of imidazole rings is 1. The summed E-state index contributed by atoms with van der Waals surface area (Å²) >= 11 is 0. The smallest absolute Gasteiger partial charge is 0.251 e. The van der Waals surface area contributed by atoms with Crippen LogP contribution in [0.5, 0.6) is 0 Å². The maximum Gasteiger partial charge on any atom is 0.251 e. The summed E-state index contributed by atoms with van der Waals surface area (Å²) in [4.78, 5) is 26.5. The van der Waals surface area contributed by atoms with Crippen LogP contribution in [0.15, 0.2) is 65.8 Å². The van der Waals surface area contributed by atoms with Crippen molar-refractivity contribution in [3.63, 3.8) is 0 Å². The molecule has 0 fully saturated rings. The summed E-state index contributed by atoms with van der Waals surface area (Å²) in [7, 11) is 3.61. The van der Waals surface area contributed by atoms with Crippen LogP contribution >= 0.6 is 24.0 Å². The number of nitrogens with one attached hydrogen (secondary N) is 3. The monoisotopic (exact) mass is 532 g/mol. The van der Waals surface area contributed by atoms with E-state index in [1.807, 2.05) is 61.5 Å². The van der Waals surface area contributed by atoms with Crippen molar-refractivity contribution in [2.75, 3.05) is 20.6 Å². The fraction of sp³-hybridized carbons (Fsp3) is 0.261. The average molecular weight is 532 g/mol. The van der Waals surface area contributed by atoms with Gasteiger partial charge in [0.05, 0.1) is 25.0 Å². The van der Waals surface area contributed by atoms with E-state index in [2.05, 4.69) is 32.7 Å². The van der Waals surface area contributed by atoms with Crippen LogP contribution in [0.3, 0.4) is 0 Å². The molecule has 8 heteroatoms. The standard InChI is InChI=1S/C23H28N6O.HI/c1-4-25-23(27-14-17-9-8-12-19(13-17)22(30)24-2)29(3)16-21-26-15-20(28-21)18-10-6-5-7-11-18;/h5-13,15H,4,14,16H2,1-3H3,(H,24,30)(H,25,27)(H,26,28);1H. The Morgan fingerprint density at radius 1 is 1.16 bits per heavy atom. The number of amides is 1. The van der Waals surface area contributed by atoms with Crippen LogP contribution < -0.4 is 10.6 Å². The normalized spacial score (nSPS) is 10.9. The number of halogens is 1. The molecule has 31 heavy (non-hydrogen) atoms. The zero-order valence-corrected chi connectivity index (χ0v) is 20.4. The first-order valence-electron chi connectivity index (χ1n) is 10.0. The van der Waals surface area contributed by atoms with E-state index in [0.717, 1.165) is 35.1 Å². The molecule has 1 amide bonds. The third-order valence-corrected chi connectivity index (χ3v) is 4.62. The van der Waals surface area contributed by atoms with Crippen LogP contribution in [0.1, 0.15) is 28.7 Å². The van der Waals surface area contributed by atoms with Crippen molar-refractivity contribution in [1.82, 2.24) is 25.5 Å². The van der Waals surface area contributed by atoms with Crippen molar-refractivity contribution < 1.29 is 4.79 Å². The Balaban J connectivity index is 0.00000341. The Morgan fingerprint density at radius 3 is 2.65 bits per heavy atom. The fourth-order valence-electron chi connectivity index (χ4n) is 3.10. The second-order valence-electron chi connectivity index (χ2n) is 6.92. The van der Waals surface area contributed by atoms with Gasteiger partial charge in [-0.25, -0.2) is 9.98 Å². The summed E-state index contributed by atoms with van der Waals surface area (Å²) in [6.45, 7) is 3.87. The van der Waals surface area contributed by atoms with Gasteiger partial charge in [-0.2, -0.15) is 0 Å². The number of hydrogen-bond donors (Lipinski definition) is 3. The van der Waals surface area contributed by atoms with Gasteiger partial charge in [-0.05, 0) is 30.2 Å². The van der Waals surface area contributed by atoms with Crippen molar-refractivity contribution in [2.45, 2.75) is 20.0 Å². The molecule has 2 aromatic carbocycles. The van der Waals surface area contributed by atoms with Crippen LogP contribution in [0, 0.1) is 0 Å². The third kappa shape index (κ3) is 6.81. The molecule has 0 saturated carbocycles. The molecule has 0 atom stereocenters. The van der Waals surface area contributed by atoms with Crippen molar-refractivity contribution >= 4 is 35.8 Å². The number of guanidine groups is 1. The molecule has 3 aromatic rings. The van der Waals surface area contributed by atoms with E-state index in [9.17, 15) is 4.79 Å². The van der Waals surface area contributed by atoms with E-state index in [0.29, 0.717) is 18.7 Å². The minimum absolute atomic E-state index is 0. The van der Waals surface area contributed by atoms with Gasteiger partial charge in [0.15, 0.2) is 5.96 Å². The second kappa shape index (κ2) is 12.1. The van der Waals surface area contributed by atoms with Gasteiger partial charge in [0, 0.05) is 26.2 Å². The lowest BCUT2D eigenvalue weighted by Gasteiger charge is -2.21. The molecule has 3 rings (SSSR count). The lowest BCUT2D eigenvalue weighted by molar-refractivity contribution is 0.0963. The van der Waals surface area contributed by atoms with Crippen LogP contribution in [0.25, 0.3) is 11.3 Å². The summed E-state index contributed by atoms with van der Waals surface area (Å²) in [6, 6.07) is 17.6. The molecule has 0 aliphatic carbocycles. The zero-order chi connectivity index (χ0) is 21.3. The Morgan fingerprint density at radius 2 is 1.94 bits per heavy atom. The first-order chi connectivity index (χ1) is 14.6. The Hall–Kier alpha value is -2.88. The highest BCUT2D eigenvalue weighted by atomic mass is 127. The third-order valence-electron chi connectivity index (χ3n) is 4.62. The number of carbonyl (C=O) groups is 1. The number of nitrogens with zero attached hydrogens (tertiary/aromatic N) is 3. The molecule has 0 spiro atoms. The highest BCUT2D eigenvalue weighted by molar-refractivity contribution is 14.0. The summed E-state index contributed by atoms with van der Waals surface area (Å²) in [5.41, 5.74) is 3.71. The lowest BCUT2D eigenvalue weighted by atomic mass is 10.1. The quantitative estimate of drug-likeness (QED) is 0.247. The molecule has 0 aliphatic rings. The summed E-state index contributed by atoms with van der Waals surface area (Å²) < 4.78 is 0. The summed E-state index contributed by atoms with van der Waals surface area (Å²) in [6.07, 6.45) is 1.85. The van der Waals surface area contributed by atoms with Crippen LogP contribution in [-0.2, 0) is 13.1 Å². The molecule has 0 aliphatic heterocycles. The molecule has 7 nitrogen and oxygen atoms in total. The van der Waals surface area contributed by atoms with Crippen molar-refractivity contribution in [3.8, 4) is 11.3 Å². The van der Waals surface area contributed by atoms with Gasteiger partial charge in [-0.3, -0.25) is 4.79 Å². The van der Waals surface area contributed by atoms with Crippen LogP contribution in [0.4, 0.5) is 0 Å². The highest BCUT2D eigenvalue weighted by Crippen LogP contribution is 2.16. The molecule has 1 heterocycles. The number of H-pyrrole nitrogens is 1. The first-order valence-corrected chi connectivity index (χ1v) is 10.0. The molecular weight excluding hydrogens is 503 g/mol. The van der Waals surface area contributed by atoms with Gasteiger partial charge in [0.2, 0.25) is 0 Å². The Kier molecular flexibility index (Phi) is 9.51. The first kappa shape index (κ1) is 24.4. The number of aliphatic imine (C=N–C) groups is 1. The van der Waals surface area contributed by atoms with Gasteiger partial charge in [0.25, 0.3) is 5.91 Å². The van der Waals surface area contributed by atoms with E-state index in [1.165, 1.54) is 0 Å². The summed E-state index contributed by atoms with van der Waals surface area (Å²) in [5, 5.41) is 5.96. The molecular formula is C23H29IN6O. The van der Waals surface area contributed by atoms with Gasteiger partial charge >= 0.3 is 0 Å². The average Bonchev–Trinajstić information content (AvgIpc) is 3.25. The van der Waals surface area contributed by atoms with Crippen molar-refractivity contribution in [1.29, 1.82) is 0 Å². The number of aromatic amines is 1. The SMILES string of the molecule is CCNC(=NCc1cccc(C(=O)NC)c1)N(C)Cc1ncc(-c2ccccc2)[nH]1.I. The number of rotatable bonds is 7. The minimum atomic E-state index is -0.100. The van der Waals surface area contributed by atoms with Crippen molar-refractivity contribution in [3.05, 3.63) is 77.7 Å². The number of carbonyl (C=O) groups excluding carboxylic acids is 1. The molecule has 1 aromatic heterocycles. The number of aromatic nitrogens is 2. The van der Waals surface area contributed by atoms with Crippen LogP contribution in [0.2, 0.25) is 0 Å². The Labute approximate surface area is 200 Å². The summed E-state index contributed by atoms with van der Waals surface area (Å²) in [5.74, 6) is 1.54. The molecule has 0 saturated heterocycles. The largest absolute Gasteiger partial charge is 0.357 e. The van der Waals surface area contributed by atoms with E-state index >= 15 is 0 Å². The molecule has 164 valence electrons. The number of benzene rings is 2. The fourth-order valence-corrected chi connectivity index (χ4v) is 3.10. The second-order valence-corrected chi connectivity index (χ2v) is 6.92. The Bertz CT molecular complexity index is 1000. The molecule has 0 radical (unpaired) electrons. The molecule has 0 bridgehead atoms. The highest BCUT2D eigenvalue weighted by Gasteiger charge is 2.10. The van der Waals surface area contributed by atoms with E-state index in [-0.39, 0.29) is 29.9 Å². The van der Waals surface area contributed by atoms with Gasteiger partial charge in [-0.1, -0.05) is 42.5 Å². The topological polar surface area (TPSA) is 85.4 Å². The van der Waals surface area contributed by atoms with E-state index < -0.39 is 0 Å². The van der Waals surface area contributed by atoms with Gasteiger partial charge in [-0.15, -0.1) is 24.0 Å². The molecule has 3 N–H and O–H groups in total. The van der Waals surface area contributed by atoms with Crippen molar-refractivity contribution in [2.24, 2.45) is 4.99 Å². The van der Waals surface area contributed by atoms with Crippen LogP contribution in [-0.4, -0.2) is 47.4 Å². The number of hydrogen-bond acceptors (Lipinski definition) is 3. The minimum Gasteiger partial charge on any atom is -0.357 e. The van der Waals surface area contributed by atoms with Gasteiger partial charge in [0.1, 0.15) is 5.82 Å². The maximum atomic E-state index is 11.8. The lowest BCUT2D eigenvalue weighted by Crippen LogP contribution is -2.38.